The molecular formula is C20H23ClN6O4S. The summed E-state index contributed by atoms with van der Waals surface area (Å²) in [5.74, 6) is 1.61. The Balaban J connectivity index is 0.000000567. The van der Waals surface area contributed by atoms with Crippen LogP contribution in [-0.2, 0) is 15.7 Å². The normalized spacial score (nSPS) is 16.7. The number of thiol groups is 1. The second-order valence-electron chi connectivity index (χ2n) is 7.66. The number of ether oxygens (including phenoxy) is 1. The maximum atomic E-state index is 12.8. The van der Waals surface area contributed by atoms with Gasteiger partial charge in [-0.3, -0.25) is 4.79 Å². The number of H-pyrrole nitrogens is 1. The van der Waals surface area contributed by atoms with Crippen molar-refractivity contribution >= 4 is 45.2 Å². The Bertz CT molecular complexity index is 1170. The zero-order chi connectivity index (χ0) is 22.7. The number of anilines is 1. The minimum atomic E-state index is -2.62. The third-order valence-electron chi connectivity index (χ3n) is 5.59. The fraction of sp³-hybridized carbons (Fsp3) is 0.350. The number of benzene rings is 1. The molecular weight excluding hydrogens is 456 g/mol. The molecule has 2 aromatic heterocycles. The smallest absolute Gasteiger partial charge is 0.261 e. The van der Waals surface area contributed by atoms with Crippen molar-refractivity contribution < 1.29 is 17.9 Å². The fourth-order valence-corrected chi connectivity index (χ4v) is 4.11. The summed E-state index contributed by atoms with van der Waals surface area (Å²) in [6.45, 7) is 2.24. The van der Waals surface area contributed by atoms with E-state index in [2.05, 4.69) is 25.0 Å². The standard InChI is InChI=1S/C20H20ClN5O2.H3NO2S/c21-14-1-3-15(4-2-14)28-11-17(27)26-10-9-25(12-20(26)6-7-20)19-16-5-8-22-18(16)23-13-24-19;1-4(2)3/h1-5,8,13H,6-7,9-12H2,(H,22,23,24);4H,(H2,1,2,3). The molecule has 2 aliphatic rings. The largest absolute Gasteiger partial charge is 0.484 e. The Hall–Kier alpha value is -2.89. The molecule has 0 bridgehead atoms. The van der Waals surface area contributed by atoms with E-state index < -0.39 is 10.9 Å². The Morgan fingerprint density at radius 3 is 2.59 bits per heavy atom. The third-order valence-corrected chi connectivity index (χ3v) is 5.84. The number of nitrogens with zero attached hydrogens (tertiary/aromatic N) is 4. The van der Waals surface area contributed by atoms with Gasteiger partial charge in [0.2, 0.25) is 0 Å². The summed E-state index contributed by atoms with van der Waals surface area (Å²) < 4.78 is 23.3. The zero-order valence-electron chi connectivity index (χ0n) is 17.1. The van der Waals surface area contributed by atoms with E-state index in [-0.39, 0.29) is 18.1 Å². The first-order valence-corrected chi connectivity index (χ1v) is 11.6. The molecule has 32 heavy (non-hydrogen) atoms. The lowest BCUT2D eigenvalue weighted by Gasteiger charge is -2.42. The van der Waals surface area contributed by atoms with Gasteiger partial charge in [-0.15, -0.1) is 0 Å². The second-order valence-corrected chi connectivity index (χ2v) is 8.66. The summed E-state index contributed by atoms with van der Waals surface area (Å²) in [4.78, 5) is 29.0. The van der Waals surface area contributed by atoms with Crippen LogP contribution in [0.3, 0.4) is 0 Å². The molecule has 0 atom stereocenters. The summed E-state index contributed by atoms with van der Waals surface area (Å²) in [6.07, 6.45) is 5.49. The average molecular weight is 479 g/mol. The number of aromatic nitrogens is 3. The maximum Gasteiger partial charge on any atom is 0.261 e. The number of fused-ring (bicyclic) bond motifs is 1. The van der Waals surface area contributed by atoms with Crippen molar-refractivity contribution in [3.63, 3.8) is 0 Å². The van der Waals surface area contributed by atoms with Crippen LogP contribution in [0.1, 0.15) is 12.8 Å². The SMILES string of the molecule is N[SH](=O)=O.O=C(COc1ccc(Cl)cc1)N1CCN(c2ncnc3[nH]ccc23)CC12CC2. The number of halogens is 1. The van der Waals surface area contributed by atoms with Gasteiger partial charge in [-0.2, -0.15) is 0 Å². The molecule has 1 aliphatic heterocycles. The van der Waals surface area contributed by atoms with Crippen LogP contribution in [-0.4, -0.2) is 66.0 Å². The van der Waals surface area contributed by atoms with Gasteiger partial charge < -0.3 is 19.5 Å². The van der Waals surface area contributed by atoms with Gasteiger partial charge in [-0.05, 0) is 43.2 Å². The second kappa shape index (κ2) is 9.31. The topological polar surface area (TPSA) is 135 Å². The molecule has 2 fully saturated rings. The number of carbonyl (C=O) groups is 1. The molecule has 3 N–H and O–H groups in total. The van der Waals surface area contributed by atoms with Crippen molar-refractivity contribution in [3.05, 3.63) is 47.9 Å². The molecule has 0 radical (unpaired) electrons. The van der Waals surface area contributed by atoms with Crippen LogP contribution in [0.2, 0.25) is 5.02 Å². The van der Waals surface area contributed by atoms with Crippen LogP contribution in [0.4, 0.5) is 5.82 Å². The molecule has 3 aromatic rings. The quantitative estimate of drug-likeness (QED) is 0.481. The highest BCUT2D eigenvalue weighted by atomic mass is 35.5. The van der Waals surface area contributed by atoms with Crippen molar-refractivity contribution in [2.45, 2.75) is 18.4 Å². The van der Waals surface area contributed by atoms with Crippen LogP contribution < -0.4 is 14.8 Å². The Morgan fingerprint density at radius 1 is 1.19 bits per heavy atom. The van der Waals surface area contributed by atoms with Gasteiger partial charge in [0.05, 0.1) is 10.9 Å². The molecule has 170 valence electrons. The van der Waals surface area contributed by atoms with Crippen LogP contribution in [0.5, 0.6) is 5.75 Å². The summed E-state index contributed by atoms with van der Waals surface area (Å²) in [5.41, 5.74) is 0.733. The van der Waals surface area contributed by atoms with E-state index in [0.717, 1.165) is 42.8 Å². The zero-order valence-corrected chi connectivity index (χ0v) is 18.8. The van der Waals surface area contributed by atoms with Crippen LogP contribution in [0.25, 0.3) is 11.0 Å². The molecule has 1 aromatic carbocycles. The molecule has 1 saturated carbocycles. The van der Waals surface area contributed by atoms with Gasteiger partial charge in [-0.25, -0.2) is 23.5 Å². The Kier molecular flexibility index (Phi) is 6.49. The Morgan fingerprint density at radius 2 is 1.91 bits per heavy atom. The first-order valence-electron chi connectivity index (χ1n) is 9.99. The van der Waals surface area contributed by atoms with Crippen molar-refractivity contribution in [2.24, 2.45) is 5.14 Å². The lowest BCUT2D eigenvalue weighted by Crippen LogP contribution is -2.58. The number of amides is 1. The van der Waals surface area contributed by atoms with Crippen molar-refractivity contribution in [1.82, 2.24) is 19.9 Å². The van der Waals surface area contributed by atoms with Gasteiger partial charge in [0.25, 0.3) is 5.91 Å². The number of piperazine rings is 1. The number of nitrogens with two attached hydrogens (primary N) is 1. The molecule has 3 heterocycles. The highest BCUT2D eigenvalue weighted by molar-refractivity contribution is 7.69. The molecule has 1 saturated heterocycles. The van der Waals surface area contributed by atoms with E-state index in [1.165, 1.54) is 0 Å². The first kappa shape index (κ1) is 22.3. The van der Waals surface area contributed by atoms with E-state index in [1.54, 1.807) is 30.6 Å². The van der Waals surface area contributed by atoms with Crippen molar-refractivity contribution in [3.8, 4) is 5.75 Å². The molecule has 12 heteroatoms. The highest BCUT2D eigenvalue weighted by Gasteiger charge is 2.53. The van der Waals surface area contributed by atoms with Gasteiger partial charge in [0.15, 0.2) is 17.5 Å². The maximum absolute atomic E-state index is 12.8. The number of hydrogen-bond donors (Lipinski definition) is 3. The summed E-state index contributed by atoms with van der Waals surface area (Å²) in [7, 11) is -2.62. The predicted octanol–water partition coefficient (Wildman–Crippen LogP) is 1.34. The molecule has 10 nitrogen and oxygen atoms in total. The van der Waals surface area contributed by atoms with Crippen molar-refractivity contribution in [1.29, 1.82) is 0 Å². The van der Waals surface area contributed by atoms with E-state index in [0.29, 0.717) is 17.3 Å². The van der Waals surface area contributed by atoms with Gasteiger partial charge in [-0.1, -0.05) is 11.6 Å². The van der Waals surface area contributed by atoms with Crippen LogP contribution in [0, 0.1) is 0 Å². The van der Waals surface area contributed by atoms with Gasteiger partial charge in [0, 0.05) is 30.9 Å². The van der Waals surface area contributed by atoms with E-state index in [4.69, 9.17) is 24.8 Å². The summed E-state index contributed by atoms with van der Waals surface area (Å²) in [5, 5.41) is 5.73. The van der Waals surface area contributed by atoms with E-state index in [1.807, 2.05) is 17.2 Å². The molecule has 1 amide bonds. The first-order chi connectivity index (χ1) is 15.4. The molecule has 1 spiro atoms. The fourth-order valence-electron chi connectivity index (χ4n) is 3.98. The minimum Gasteiger partial charge on any atom is -0.484 e. The van der Waals surface area contributed by atoms with Crippen LogP contribution in [0.15, 0.2) is 42.9 Å². The number of hydrogen-bond acceptors (Lipinski definition) is 7. The number of aromatic amines is 1. The summed E-state index contributed by atoms with van der Waals surface area (Å²) >= 11 is 5.89. The minimum absolute atomic E-state index is 0.0292. The summed E-state index contributed by atoms with van der Waals surface area (Å²) in [6, 6.07) is 9.06. The Labute approximate surface area is 191 Å². The highest BCUT2D eigenvalue weighted by Crippen LogP contribution is 2.45. The van der Waals surface area contributed by atoms with Crippen LogP contribution >= 0.6 is 11.6 Å². The predicted molar refractivity (Wildman–Crippen MR) is 121 cm³/mol. The molecule has 0 unspecified atom stereocenters. The van der Waals surface area contributed by atoms with E-state index in [9.17, 15) is 4.79 Å². The van der Waals surface area contributed by atoms with Gasteiger partial charge in [0.1, 0.15) is 23.5 Å². The van der Waals surface area contributed by atoms with Gasteiger partial charge >= 0.3 is 0 Å². The third kappa shape index (κ3) is 4.95. The number of rotatable bonds is 4. The van der Waals surface area contributed by atoms with Crippen molar-refractivity contribution in [2.75, 3.05) is 31.1 Å². The number of carbonyl (C=O) groups excluding carboxylic acids is 1. The lowest BCUT2D eigenvalue weighted by atomic mass is 10.1. The monoisotopic (exact) mass is 478 g/mol. The molecule has 5 rings (SSSR count). The number of nitrogens with one attached hydrogen (secondary N) is 1. The lowest BCUT2D eigenvalue weighted by molar-refractivity contribution is -0.137. The molecule has 1 aliphatic carbocycles. The van der Waals surface area contributed by atoms with E-state index >= 15 is 0 Å². The average Bonchev–Trinajstić information content (AvgIpc) is 3.34.